The Bertz CT molecular complexity index is 447. The number of aliphatic hydroxyl groups is 1. The van der Waals surface area contributed by atoms with Crippen LogP contribution in [0.1, 0.15) is 35.3 Å². The van der Waals surface area contributed by atoms with Gasteiger partial charge in [0, 0.05) is 19.8 Å². The first-order chi connectivity index (χ1) is 8.54. The van der Waals surface area contributed by atoms with Gasteiger partial charge < -0.3 is 10.0 Å². The van der Waals surface area contributed by atoms with Crippen molar-refractivity contribution in [2.75, 3.05) is 13.2 Å². The number of hydrogen-bond acceptors (Lipinski definition) is 3. The lowest BCUT2D eigenvalue weighted by molar-refractivity contribution is 0.0666. The van der Waals surface area contributed by atoms with Crippen molar-refractivity contribution in [1.82, 2.24) is 14.7 Å². The van der Waals surface area contributed by atoms with Gasteiger partial charge in [0.05, 0.1) is 18.2 Å². The molecule has 0 saturated carbocycles. The number of carbonyl (C=O) groups is 1. The Kier molecular flexibility index (Phi) is 3.60. The van der Waals surface area contributed by atoms with E-state index < -0.39 is 18.0 Å². The van der Waals surface area contributed by atoms with Crippen LogP contribution in [-0.2, 0) is 7.05 Å². The molecule has 0 unspecified atom stereocenters. The number of halogens is 2. The summed E-state index contributed by atoms with van der Waals surface area (Å²) in [7, 11) is 1.50. The quantitative estimate of drug-likeness (QED) is 0.879. The number of alkyl halides is 2. The maximum atomic E-state index is 12.8. The normalized spacial score (nSPS) is 19.8. The summed E-state index contributed by atoms with van der Waals surface area (Å²) < 4.78 is 26.7. The highest BCUT2D eigenvalue weighted by Crippen LogP contribution is 2.25. The first kappa shape index (κ1) is 12.9. The molecule has 1 saturated heterocycles. The van der Waals surface area contributed by atoms with Crippen LogP contribution in [0, 0.1) is 0 Å². The molecule has 0 bridgehead atoms. The first-order valence-electron chi connectivity index (χ1n) is 5.78. The summed E-state index contributed by atoms with van der Waals surface area (Å²) >= 11 is 0. The monoisotopic (exact) mass is 259 g/mol. The summed E-state index contributed by atoms with van der Waals surface area (Å²) in [5.74, 6) is -0.477. The fourth-order valence-electron chi connectivity index (χ4n) is 2.28. The lowest BCUT2D eigenvalue weighted by atomic mass is 10.2. The Morgan fingerprint density at radius 1 is 1.67 bits per heavy atom. The highest BCUT2D eigenvalue weighted by molar-refractivity contribution is 5.95. The fourth-order valence-corrected chi connectivity index (χ4v) is 2.28. The highest BCUT2D eigenvalue weighted by atomic mass is 19.3. The molecule has 0 spiro atoms. The molecule has 1 aromatic heterocycles. The van der Waals surface area contributed by atoms with Crippen molar-refractivity contribution in [3.8, 4) is 0 Å². The largest absolute Gasteiger partial charge is 0.394 e. The van der Waals surface area contributed by atoms with Crippen molar-refractivity contribution in [3.63, 3.8) is 0 Å². The molecule has 0 aromatic carbocycles. The van der Waals surface area contributed by atoms with Crippen molar-refractivity contribution in [2.45, 2.75) is 25.3 Å². The van der Waals surface area contributed by atoms with Crippen LogP contribution in [0.3, 0.4) is 0 Å². The Hall–Kier alpha value is -1.50. The van der Waals surface area contributed by atoms with Crippen molar-refractivity contribution in [1.29, 1.82) is 0 Å². The van der Waals surface area contributed by atoms with Crippen molar-refractivity contribution in [2.24, 2.45) is 7.05 Å². The van der Waals surface area contributed by atoms with E-state index in [0.717, 1.165) is 6.42 Å². The summed E-state index contributed by atoms with van der Waals surface area (Å²) in [5, 5.41) is 12.8. The van der Waals surface area contributed by atoms with Gasteiger partial charge in [-0.15, -0.1) is 0 Å². The van der Waals surface area contributed by atoms with Crippen LogP contribution in [0.4, 0.5) is 8.78 Å². The van der Waals surface area contributed by atoms with Crippen LogP contribution in [0.2, 0.25) is 0 Å². The smallest absolute Gasteiger partial charge is 0.282 e. The molecule has 5 nitrogen and oxygen atoms in total. The van der Waals surface area contributed by atoms with E-state index >= 15 is 0 Å². The van der Waals surface area contributed by atoms with Gasteiger partial charge in [-0.1, -0.05) is 0 Å². The fraction of sp³-hybridized carbons (Fsp3) is 0.636. The van der Waals surface area contributed by atoms with E-state index in [0.29, 0.717) is 13.0 Å². The molecule has 1 amide bonds. The Balaban J connectivity index is 2.28. The van der Waals surface area contributed by atoms with E-state index in [1.165, 1.54) is 22.8 Å². The molecule has 0 aliphatic carbocycles. The number of aromatic nitrogens is 2. The summed E-state index contributed by atoms with van der Waals surface area (Å²) in [5.41, 5.74) is -0.570. The number of amides is 1. The van der Waals surface area contributed by atoms with Gasteiger partial charge in [0.1, 0.15) is 5.69 Å². The molecule has 18 heavy (non-hydrogen) atoms. The minimum atomic E-state index is -2.78. The van der Waals surface area contributed by atoms with Crippen LogP contribution in [0.5, 0.6) is 0 Å². The van der Waals surface area contributed by atoms with Crippen LogP contribution in [0.15, 0.2) is 6.20 Å². The van der Waals surface area contributed by atoms with E-state index in [1.807, 2.05) is 0 Å². The molecular formula is C11H15F2N3O2. The van der Waals surface area contributed by atoms with Gasteiger partial charge in [-0.2, -0.15) is 5.10 Å². The molecule has 2 rings (SSSR count). The van der Waals surface area contributed by atoms with Gasteiger partial charge in [0.2, 0.25) is 0 Å². The third-order valence-electron chi connectivity index (χ3n) is 3.14. The Labute approximate surface area is 103 Å². The van der Waals surface area contributed by atoms with Gasteiger partial charge in [-0.3, -0.25) is 9.48 Å². The van der Waals surface area contributed by atoms with E-state index in [9.17, 15) is 13.6 Å². The predicted octanol–water partition coefficient (Wildman–Crippen LogP) is 0.955. The summed E-state index contributed by atoms with van der Waals surface area (Å²) in [6.45, 7) is 0.345. The summed E-state index contributed by atoms with van der Waals surface area (Å²) in [6, 6.07) is -0.275. The van der Waals surface area contributed by atoms with Crippen molar-refractivity contribution in [3.05, 3.63) is 17.5 Å². The standard InChI is InChI=1S/C11H15F2N3O2/c1-15-5-8(9(14-15)10(12)13)11(18)16-4-2-3-7(16)6-17/h5,7,10,17H,2-4,6H2,1H3/t7-/m0/s1. The van der Waals surface area contributed by atoms with Crippen LogP contribution < -0.4 is 0 Å². The minimum Gasteiger partial charge on any atom is -0.394 e. The van der Waals surface area contributed by atoms with Crippen molar-refractivity contribution >= 4 is 5.91 Å². The Morgan fingerprint density at radius 2 is 2.39 bits per heavy atom. The number of aliphatic hydroxyl groups excluding tert-OH is 1. The van der Waals surface area contributed by atoms with Crippen molar-refractivity contribution < 1.29 is 18.7 Å². The van der Waals surface area contributed by atoms with Gasteiger partial charge >= 0.3 is 0 Å². The average molecular weight is 259 g/mol. The molecule has 1 aliphatic rings. The van der Waals surface area contributed by atoms with Gasteiger partial charge in [0.15, 0.2) is 0 Å². The number of rotatable bonds is 3. The lowest BCUT2D eigenvalue weighted by Gasteiger charge is -2.22. The van der Waals surface area contributed by atoms with E-state index in [1.54, 1.807) is 0 Å². The zero-order valence-corrected chi connectivity index (χ0v) is 10.0. The van der Waals surface area contributed by atoms with Gasteiger partial charge in [0.25, 0.3) is 12.3 Å². The molecule has 7 heteroatoms. The van der Waals surface area contributed by atoms with Gasteiger partial charge in [-0.25, -0.2) is 8.78 Å². The molecule has 1 aliphatic heterocycles. The SMILES string of the molecule is Cn1cc(C(=O)N2CCC[C@H]2CO)c(C(F)F)n1. The lowest BCUT2D eigenvalue weighted by Crippen LogP contribution is -2.37. The molecule has 1 atom stereocenters. The number of nitrogens with zero attached hydrogens (tertiary/aromatic N) is 3. The van der Waals surface area contributed by atoms with E-state index in [-0.39, 0.29) is 18.2 Å². The number of aryl methyl sites for hydroxylation is 1. The topological polar surface area (TPSA) is 58.4 Å². The van der Waals surface area contributed by atoms with Crippen LogP contribution in [0.25, 0.3) is 0 Å². The molecule has 2 heterocycles. The third-order valence-corrected chi connectivity index (χ3v) is 3.14. The van der Waals surface area contributed by atoms with E-state index in [2.05, 4.69) is 5.10 Å². The Morgan fingerprint density at radius 3 is 3.00 bits per heavy atom. The first-order valence-corrected chi connectivity index (χ1v) is 5.78. The zero-order chi connectivity index (χ0) is 13.3. The molecule has 1 N–H and O–H groups in total. The maximum Gasteiger partial charge on any atom is 0.282 e. The number of carbonyl (C=O) groups excluding carboxylic acids is 1. The zero-order valence-electron chi connectivity index (χ0n) is 10.0. The minimum absolute atomic E-state index is 0.0761. The highest BCUT2D eigenvalue weighted by Gasteiger charge is 2.32. The number of likely N-dealkylation sites (tertiary alicyclic amines) is 1. The van der Waals surface area contributed by atoms with Gasteiger partial charge in [-0.05, 0) is 12.8 Å². The molecule has 100 valence electrons. The second kappa shape index (κ2) is 5.01. The molecular weight excluding hydrogens is 244 g/mol. The molecule has 1 aromatic rings. The summed E-state index contributed by atoms with van der Waals surface area (Å²) in [4.78, 5) is 13.6. The van der Waals surface area contributed by atoms with Crippen LogP contribution in [-0.4, -0.2) is 44.9 Å². The average Bonchev–Trinajstić information content (AvgIpc) is 2.93. The third kappa shape index (κ3) is 2.22. The predicted molar refractivity (Wildman–Crippen MR) is 59.3 cm³/mol. The van der Waals surface area contributed by atoms with E-state index in [4.69, 9.17) is 5.11 Å². The molecule has 0 radical (unpaired) electrons. The second-order valence-corrected chi connectivity index (χ2v) is 4.38. The molecule has 1 fully saturated rings. The second-order valence-electron chi connectivity index (χ2n) is 4.38. The summed E-state index contributed by atoms with van der Waals surface area (Å²) in [6.07, 6.45) is 0.00461. The maximum absolute atomic E-state index is 12.8. The number of hydrogen-bond donors (Lipinski definition) is 1. The van der Waals surface area contributed by atoms with Crippen LogP contribution >= 0.6 is 0 Å².